The van der Waals surface area contributed by atoms with E-state index in [0.717, 1.165) is 11.3 Å². The fourth-order valence-corrected chi connectivity index (χ4v) is 3.68. The number of carbonyl (C=O) groups is 1. The van der Waals surface area contributed by atoms with Gasteiger partial charge in [-0.3, -0.25) is 4.79 Å². The monoisotopic (exact) mass is 302 g/mol. The molecule has 110 valence electrons. The molecule has 1 aliphatic rings. The molecule has 1 fully saturated rings. The molecule has 1 amide bonds. The van der Waals surface area contributed by atoms with Crippen LogP contribution in [0, 0.1) is 0 Å². The van der Waals surface area contributed by atoms with Crippen molar-refractivity contribution >= 4 is 17.7 Å². The van der Waals surface area contributed by atoms with Gasteiger partial charge in [-0.05, 0) is 18.2 Å². The number of amides is 1. The van der Waals surface area contributed by atoms with E-state index >= 15 is 0 Å². The van der Waals surface area contributed by atoms with Crippen LogP contribution in [0.1, 0.15) is 10.9 Å². The number of ether oxygens (including phenoxy) is 1. The summed E-state index contributed by atoms with van der Waals surface area (Å²) in [6.45, 7) is 1.21. The summed E-state index contributed by atoms with van der Waals surface area (Å²) >= 11 is 1.68. The van der Waals surface area contributed by atoms with E-state index in [1.807, 2.05) is 29.3 Å². The van der Waals surface area contributed by atoms with Gasteiger partial charge in [0.25, 0.3) is 0 Å². The number of methoxy groups -OCH3 is 1. The van der Waals surface area contributed by atoms with Crippen LogP contribution in [0.3, 0.4) is 0 Å². The lowest BCUT2D eigenvalue weighted by molar-refractivity contribution is -0.128. The first-order valence-electron chi connectivity index (χ1n) is 6.93. The molecule has 1 aromatic carbocycles. The van der Waals surface area contributed by atoms with Crippen molar-refractivity contribution in [2.24, 2.45) is 0 Å². The highest BCUT2D eigenvalue weighted by atomic mass is 32.2. The van der Waals surface area contributed by atoms with Gasteiger partial charge in [-0.1, -0.05) is 18.2 Å². The summed E-state index contributed by atoms with van der Waals surface area (Å²) in [5.41, 5.74) is 2.28. The van der Waals surface area contributed by atoms with E-state index in [0.29, 0.717) is 18.9 Å². The average molecular weight is 302 g/mol. The maximum Gasteiger partial charge on any atom is 0.233 e. The second-order valence-electron chi connectivity index (χ2n) is 4.93. The summed E-state index contributed by atoms with van der Waals surface area (Å²) in [7, 11) is 1.66. The van der Waals surface area contributed by atoms with Crippen molar-refractivity contribution in [3.63, 3.8) is 0 Å². The van der Waals surface area contributed by atoms with Crippen LogP contribution in [0.2, 0.25) is 0 Å². The molecule has 0 saturated carbocycles. The number of benzene rings is 1. The van der Waals surface area contributed by atoms with Crippen LogP contribution in [0.4, 0.5) is 0 Å². The lowest BCUT2D eigenvalue weighted by Gasteiger charge is -2.22. The Kier molecular flexibility index (Phi) is 4.31. The van der Waals surface area contributed by atoms with Crippen molar-refractivity contribution in [1.29, 1.82) is 0 Å². The Bertz CT molecular complexity index is 612. The van der Waals surface area contributed by atoms with Crippen molar-refractivity contribution in [2.45, 2.75) is 5.37 Å². The second-order valence-corrected chi connectivity index (χ2v) is 6.00. The van der Waals surface area contributed by atoms with Crippen LogP contribution in [0.5, 0.6) is 0 Å². The number of para-hydroxylation sites is 1. The van der Waals surface area contributed by atoms with Gasteiger partial charge in [0, 0.05) is 37.3 Å². The number of hydrogen-bond acceptors (Lipinski definition) is 3. The summed E-state index contributed by atoms with van der Waals surface area (Å²) in [6.07, 6.45) is 4.15. The first-order valence-corrected chi connectivity index (χ1v) is 7.98. The van der Waals surface area contributed by atoms with Crippen LogP contribution >= 0.6 is 11.8 Å². The molecule has 0 spiro atoms. The predicted molar refractivity (Wildman–Crippen MR) is 84.6 cm³/mol. The minimum Gasteiger partial charge on any atom is -0.383 e. The summed E-state index contributed by atoms with van der Waals surface area (Å²) < 4.78 is 7.19. The lowest BCUT2D eigenvalue weighted by Crippen LogP contribution is -2.31. The Labute approximate surface area is 128 Å². The number of carbonyl (C=O) groups excluding carboxylic acids is 1. The van der Waals surface area contributed by atoms with E-state index in [1.54, 1.807) is 18.9 Å². The second kappa shape index (κ2) is 6.37. The third kappa shape index (κ3) is 2.99. The molecule has 0 bridgehead atoms. The highest BCUT2D eigenvalue weighted by Gasteiger charge is 2.32. The van der Waals surface area contributed by atoms with Crippen molar-refractivity contribution in [3.05, 3.63) is 54.4 Å². The molecule has 3 rings (SSSR count). The first-order chi connectivity index (χ1) is 10.3. The average Bonchev–Trinajstić information content (AvgIpc) is 3.13. The fraction of sp³-hybridized carbons (Fsp3) is 0.312. The molecule has 2 aromatic rings. The molecule has 0 radical (unpaired) electrons. The zero-order chi connectivity index (χ0) is 14.7. The van der Waals surface area contributed by atoms with E-state index in [-0.39, 0.29) is 11.3 Å². The predicted octanol–water partition coefficient (Wildman–Crippen LogP) is 2.70. The minimum atomic E-state index is 0.0950. The van der Waals surface area contributed by atoms with Crippen molar-refractivity contribution in [2.75, 3.05) is 26.0 Å². The Morgan fingerprint density at radius 3 is 2.86 bits per heavy atom. The molecule has 1 saturated heterocycles. The molecular weight excluding hydrogens is 284 g/mol. The van der Waals surface area contributed by atoms with Crippen molar-refractivity contribution < 1.29 is 9.53 Å². The summed E-state index contributed by atoms with van der Waals surface area (Å²) in [5.74, 6) is 0.736. The van der Waals surface area contributed by atoms with E-state index in [1.165, 1.54) is 0 Å². The standard InChI is InChI=1S/C16H18N2O2S/c1-20-10-9-18-15(19)12-21-16(18)13-7-8-17(11-13)14-5-3-2-4-6-14/h2-8,11,16H,9-10,12H2,1H3. The SMILES string of the molecule is COCCN1C(=O)CSC1c1ccn(-c2ccccc2)c1. The van der Waals surface area contributed by atoms with E-state index < -0.39 is 0 Å². The molecule has 0 aliphatic carbocycles. The van der Waals surface area contributed by atoms with Crippen LogP contribution < -0.4 is 0 Å². The molecule has 2 heterocycles. The maximum atomic E-state index is 12.0. The lowest BCUT2D eigenvalue weighted by atomic mass is 10.3. The minimum absolute atomic E-state index is 0.0950. The molecule has 1 atom stereocenters. The fourth-order valence-electron chi connectivity index (χ4n) is 2.48. The molecule has 1 unspecified atom stereocenters. The Morgan fingerprint density at radius 1 is 1.29 bits per heavy atom. The number of rotatable bonds is 5. The Hall–Kier alpha value is -1.72. The van der Waals surface area contributed by atoms with Gasteiger partial charge in [0.2, 0.25) is 5.91 Å². The van der Waals surface area contributed by atoms with Gasteiger partial charge in [-0.2, -0.15) is 0 Å². The van der Waals surface area contributed by atoms with Crippen molar-refractivity contribution in [1.82, 2.24) is 9.47 Å². The third-order valence-corrected chi connectivity index (χ3v) is 4.82. The van der Waals surface area contributed by atoms with Gasteiger partial charge < -0.3 is 14.2 Å². The zero-order valence-electron chi connectivity index (χ0n) is 11.9. The number of hydrogen-bond donors (Lipinski definition) is 0. The van der Waals surface area contributed by atoms with Gasteiger partial charge in [0.05, 0.1) is 12.4 Å². The number of thioether (sulfide) groups is 1. The molecule has 4 nitrogen and oxygen atoms in total. The molecule has 5 heteroatoms. The molecule has 0 N–H and O–H groups in total. The van der Waals surface area contributed by atoms with Crippen LogP contribution in [0.25, 0.3) is 5.69 Å². The summed E-state index contributed by atoms with van der Waals surface area (Å²) in [6, 6.07) is 12.3. The third-order valence-electron chi connectivity index (χ3n) is 3.56. The first kappa shape index (κ1) is 14.2. The molecule has 1 aliphatic heterocycles. The van der Waals surface area contributed by atoms with E-state index in [4.69, 9.17) is 4.74 Å². The van der Waals surface area contributed by atoms with Gasteiger partial charge >= 0.3 is 0 Å². The topological polar surface area (TPSA) is 34.5 Å². The Morgan fingerprint density at radius 2 is 2.10 bits per heavy atom. The van der Waals surface area contributed by atoms with Gasteiger partial charge in [0.1, 0.15) is 5.37 Å². The van der Waals surface area contributed by atoms with E-state index in [2.05, 4.69) is 29.0 Å². The van der Waals surface area contributed by atoms with Crippen LogP contribution in [-0.2, 0) is 9.53 Å². The van der Waals surface area contributed by atoms with Crippen LogP contribution in [-0.4, -0.2) is 41.4 Å². The quantitative estimate of drug-likeness (QED) is 0.851. The summed E-state index contributed by atoms with van der Waals surface area (Å²) in [4.78, 5) is 13.9. The number of aromatic nitrogens is 1. The largest absolute Gasteiger partial charge is 0.383 e. The number of nitrogens with zero attached hydrogens (tertiary/aromatic N) is 2. The highest BCUT2D eigenvalue weighted by Crippen LogP contribution is 2.38. The van der Waals surface area contributed by atoms with Gasteiger partial charge in [-0.25, -0.2) is 0 Å². The molecule has 1 aromatic heterocycles. The summed E-state index contributed by atoms with van der Waals surface area (Å²) in [5, 5.41) is 0.0950. The zero-order valence-corrected chi connectivity index (χ0v) is 12.8. The smallest absolute Gasteiger partial charge is 0.233 e. The normalized spacial score (nSPS) is 18.4. The van der Waals surface area contributed by atoms with Gasteiger partial charge in [-0.15, -0.1) is 11.8 Å². The maximum absolute atomic E-state index is 12.0. The van der Waals surface area contributed by atoms with E-state index in [9.17, 15) is 4.79 Å². The molecular formula is C16H18N2O2S. The highest BCUT2D eigenvalue weighted by molar-refractivity contribution is 8.00. The van der Waals surface area contributed by atoms with Crippen LogP contribution in [0.15, 0.2) is 48.8 Å². The Balaban J connectivity index is 1.80. The molecule has 21 heavy (non-hydrogen) atoms. The van der Waals surface area contributed by atoms with Gasteiger partial charge in [0.15, 0.2) is 0 Å². The van der Waals surface area contributed by atoms with Crippen molar-refractivity contribution in [3.8, 4) is 5.69 Å².